The average molecular weight is 402 g/mol. The molecule has 4 nitrogen and oxygen atoms in total. The molecule has 0 spiro atoms. The van der Waals surface area contributed by atoms with E-state index in [1.807, 2.05) is 32.0 Å². The molecule has 128 valence electrons. The number of anilines is 1. The summed E-state index contributed by atoms with van der Waals surface area (Å²) in [6.45, 7) is 4.26. The first-order valence-corrected chi connectivity index (χ1v) is 8.59. The average Bonchev–Trinajstić information content (AvgIpc) is 2.85. The van der Waals surface area contributed by atoms with E-state index < -0.39 is 0 Å². The molecule has 0 aliphatic carbocycles. The molecular weight excluding hydrogens is 385 g/mol. The van der Waals surface area contributed by atoms with Crippen LogP contribution in [0.3, 0.4) is 0 Å². The molecule has 1 aromatic heterocycles. The molecule has 3 rings (SSSR count). The Morgan fingerprint density at radius 2 is 1.84 bits per heavy atom. The number of hydrogen-bond donors (Lipinski definition) is 1. The normalized spacial score (nSPS) is 10.7. The van der Waals surface area contributed by atoms with Crippen LogP contribution in [0, 0.1) is 19.7 Å². The van der Waals surface area contributed by atoms with E-state index in [1.165, 1.54) is 12.1 Å². The van der Waals surface area contributed by atoms with Crippen LogP contribution in [0.4, 0.5) is 10.1 Å². The minimum absolute atomic E-state index is 0.194. The lowest BCUT2D eigenvalue weighted by molar-refractivity contribution is 0.102. The van der Waals surface area contributed by atoms with Crippen LogP contribution in [0.5, 0.6) is 0 Å². The van der Waals surface area contributed by atoms with Gasteiger partial charge in [0.1, 0.15) is 5.82 Å². The van der Waals surface area contributed by atoms with Gasteiger partial charge < -0.3 is 5.32 Å². The molecule has 0 aliphatic rings. The lowest BCUT2D eigenvalue weighted by Crippen LogP contribution is -2.14. The first-order chi connectivity index (χ1) is 12.0. The highest BCUT2D eigenvalue weighted by molar-refractivity contribution is 9.10. The minimum atomic E-state index is -0.265. The maximum absolute atomic E-state index is 13.0. The van der Waals surface area contributed by atoms with Gasteiger partial charge in [0.25, 0.3) is 5.91 Å². The summed E-state index contributed by atoms with van der Waals surface area (Å²) in [6.07, 6.45) is 0. The largest absolute Gasteiger partial charge is 0.319 e. The predicted octanol–water partition coefficient (Wildman–Crippen LogP) is 4.70. The molecule has 0 bridgehead atoms. The monoisotopic (exact) mass is 401 g/mol. The van der Waals surface area contributed by atoms with Crippen molar-refractivity contribution in [1.82, 2.24) is 9.78 Å². The number of amides is 1. The topological polar surface area (TPSA) is 46.9 Å². The predicted molar refractivity (Wildman–Crippen MR) is 99.3 cm³/mol. The van der Waals surface area contributed by atoms with E-state index in [0.717, 1.165) is 21.4 Å². The van der Waals surface area contributed by atoms with Gasteiger partial charge in [0.15, 0.2) is 0 Å². The third kappa shape index (κ3) is 3.79. The van der Waals surface area contributed by atoms with Crippen LogP contribution in [-0.2, 0) is 6.54 Å². The fourth-order valence-electron chi connectivity index (χ4n) is 2.62. The fraction of sp³-hybridized carbons (Fsp3) is 0.158. The molecule has 3 aromatic rings. The van der Waals surface area contributed by atoms with E-state index in [0.29, 0.717) is 17.8 Å². The minimum Gasteiger partial charge on any atom is -0.319 e. The van der Waals surface area contributed by atoms with E-state index in [-0.39, 0.29) is 11.7 Å². The summed E-state index contributed by atoms with van der Waals surface area (Å²) in [5.74, 6) is -0.460. The number of carbonyl (C=O) groups excluding carboxylic acids is 1. The zero-order valence-electron chi connectivity index (χ0n) is 13.9. The molecular formula is C19H17BrFN3O. The summed E-state index contributed by atoms with van der Waals surface area (Å²) in [7, 11) is 0. The standard InChI is InChI=1S/C19H17BrFN3O/c1-12-18(22-19(25)16-5-3-4-6-17(16)20)13(2)24(23-12)11-14-7-9-15(21)10-8-14/h3-10H,11H2,1-2H3,(H,22,25). The molecule has 0 fully saturated rings. The van der Waals surface area contributed by atoms with Crippen LogP contribution in [0.2, 0.25) is 0 Å². The number of aromatic nitrogens is 2. The van der Waals surface area contributed by atoms with Crippen LogP contribution < -0.4 is 5.32 Å². The number of benzene rings is 2. The van der Waals surface area contributed by atoms with Crippen molar-refractivity contribution >= 4 is 27.5 Å². The zero-order valence-corrected chi connectivity index (χ0v) is 15.5. The Labute approximate surface area is 153 Å². The fourth-order valence-corrected chi connectivity index (χ4v) is 3.09. The Kier molecular flexibility index (Phi) is 4.99. The van der Waals surface area contributed by atoms with Gasteiger partial charge in [0.05, 0.1) is 29.2 Å². The number of nitrogens with one attached hydrogen (secondary N) is 1. The van der Waals surface area contributed by atoms with Gasteiger partial charge in [0, 0.05) is 4.47 Å². The highest BCUT2D eigenvalue weighted by atomic mass is 79.9. The van der Waals surface area contributed by atoms with Gasteiger partial charge in [-0.25, -0.2) is 4.39 Å². The molecule has 25 heavy (non-hydrogen) atoms. The second-order valence-corrected chi connectivity index (χ2v) is 6.62. The Morgan fingerprint density at radius 1 is 1.16 bits per heavy atom. The molecule has 1 heterocycles. The summed E-state index contributed by atoms with van der Waals surface area (Å²) in [6, 6.07) is 13.6. The van der Waals surface area contributed by atoms with Crippen molar-refractivity contribution < 1.29 is 9.18 Å². The van der Waals surface area contributed by atoms with Gasteiger partial charge in [-0.15, -0.1) is 0 Å². The maximum Gasteiger partial charge on any atom is 0.256 e. The molecule has 1 amide bonds. The second kappa shape index (κ2) is 7.19. The van der Waals surface area contributed by atoms with Crippen LogP contribution in [0.15, 0.2) is 53.0 Å². The van der Waals surface area contributed by atoms with E-state index in [4.69, 9.17) is 0 Å². The third-order valence-corrected chi connectivity index (χ3v) is 4.68. The van der Waals surface area contributed by atoms with Crippen molar-refractivity contribution in [2.45, 2.75) is 20.4 Å². The Hall–Kier alpha value is -2.47. The molecule has 2 aromatic carbocycles. The van der Waals surface area contributed by atoms with Crippen molar-refractivity contribution in [3.63, 3.8) is 0 Å². The highest BCUT2D eigenvalue weighted by Gasteiger charge is 2.16. The number of halogens is 2. The van der Waals surface area contributed by atoms with Crippen LogP contribution in [0.1, 0.15) is 27.3 Å². The summed E-state index contributed by atoms with van der Waals surface area (Å²) in [5.41, 5.74) is 3.79. The molecule has 6 heteroatoms. The first-order valence-electron chi connectivity index (χ1n) is 7.80. The SMILES string of the molecule is Cc1nn(Cc2ccc(F)cc2)c(C)c1NC(=O)c1ccccc1Br. The highest BCUT2D eigenvalue weighted by Crippen LogP contribution is 2.23. The first kappa shape index (κ1) is 17.4. The Balaban J connectivity index is 1.83. The van der Waals surface area contributed by atoms with E-state index in [2.05, 4.69) is 26.3 Å². The van der Waals surface area contributed by atoms with Crippen molar-refractivity contribution in [1.29, 1.82) is 0 Å². The number of nitrogens with zero attached hydrogens (tertiary/aromatic N) is 2. The molecule has 0 aliphatic heterocycles. The van der Waals surface area contributed by atoms with Gasteiger partial charge >= 0.3 is 0 Å². The van der Waals surface area contributed by atoms with Gasteiger partial charge in [0.2, 0.25) is 0 Å². The lowest BCUT2D eigenvalue weighted by atomic mass is 10.2. The van der Waals surface area contributed by atoms with Gasteiger partial charge in [-0.3, -0.25) is 9.48 Å². The molecule has 0 saturated heterocycles. The number of aryl methyl sites for hydroxylation is 1. The van der Waals surface area contributed by atoms with E-state index >= 15 is 0 Å². The summed E-state index contributed by atoms with van der Waals surface area (Å²) >= 11 is 3.39. The number of hydrogen-bond acceptors (Lipinski definition) is 2. The molecule has 0 unspecified atom stereocenters. The van der Waals surface area contributed by atoms with E-state index in [9.17, 15) is 9.18 Å². The molecule has 0 radical (unpaired) electrons. The van der Waals surface area contributed by atoms with Crippen molar-refractivity contribution in [2.24, 2.45) is 0 Å². The Bertz CT molecular complexity index is 919. The van der Waals surface area contributed by atoms with Crippen LogP contribution >= 0.6 is 15.9 Å². The molecule has 1 N–H and O–H groups in total. The number of carbonyl (C=O) groups is 1. The van der Waals surface area contributed by atoms with Crippen molar-refractivity contribution in [3.8, 4) is 0 Å². The van der Waals surface area contributed by atoms with Crippen molar-refractivity contribution in [2.75, 3.05) is 5.32 Å². The third-order valence-electron chi connectivity index (χ3n) is 3.98. The smallest absolute Gasteiger partial charge is 0.256 e. The van der Waals surface area contributed by atoms with Crippen LogP contribution in [-0.4, -0.2) is 15.7 Å². The second-order valence-electron chi connectivity index (χ2n) is 5.76. The summed E-state index contributed by atoms with van der Waals surface area (Å²) in [5, 5.41) is 7.43. The van der Waals surface area contributed by atoms with Gasteiger partial charge in [-0.1, -0.05) is 24.3 Å². The lowest BCUT2D eigenvalue weighted by Gasteiger charge is -2.08. The molecule has 0 atom stereocenters. The van der Waals surface area contributed by atoms with Crippen molar-refractivity contribution in [3.05, 3.63) is 81.3 Å². The van der Waals surface area contributed by atoms with Gasteiger partial charge in [-0.05, 0) is 59.6 Å². The maximum atomic E-state index is 13.0. The Morgan fingerprint density at radius 3 is 2.52 bits per heavy atom. The molecule has 0 saturated carbocycles. The summed E-state index contributed by atoms with van der Waals surface area (Å²) in [4.78, 5) is 12.5. The van der Waals surface area contributed by atoms with E-state index in [1.54, 1.807) is 22.9 Å². The number of rotatable bonds is 4. The zero-order chi connectivity index (χ0) is 18.0. The van der Waals surface area contributed by atoms with Crippen LogP contribution in [0.25, 0.3) is 0 Å². The van der Waals surface area contributed by atoms with Gasteiger partial charge in [-0.2, -0.15) is 5.10 Å². The quantitative estimate of drug-likeness (QED) is 0.688. The summed E-state index contributed by atoms with van der Waals surface area (Å²) < 4.78 is 15.6.